The quantitative estimate of drug-likeness (QED) is 0.0487. The number of rotatable bonds is 18. The van der Waals surface area contributed by atoms with Crippen molar-refractivity contribution in [2.45, 2.75) is 260 Å². The molecule has 4 saturated heterocycles. The van der Waals surface area contributed by atoms with Crippen LogP contribution < -0.4 is 0 Å². The van der Waals surface area contributed by atoms with Crippen LogP contribution in [0.15, 0.2) is 11.6 Å². The van der Waals surface area contributed by atoms with Gasteiger partial charge in [-0.25, -0.2) is 0 Å². The number of esters is 2. The summed E-state index contributed by atoms with van der Waals surface area (Å²) in [4.78, 5) is 52.9. The Kier molecular flexibility index (Phi) is 20.3. The lowest BCUT2D eigenvalue weighted by Gasteiger charge is -2.71. The Bertz CT molecular complexity index is 2580. The Labute approximate surface area is 514 Å². The average Bonchev–Trinajstić information content (AvgIpc) is 0.761. The zero-order chi connectivity index (χ0) is 65.6. The highest BCUT2D eigenvalue weighted by atomic mass is 16.8. The van der Waals surface area contributed by atoms with E-state index < -0.39 is 225 Å². The lowest BCUT2D eigenvalue weighted by Crippen LogP contribution is -2.67. The number of aliphatic hydroxyl groups is 14. The Hall–Kier alpha value is -3.22. The van der Waals surface area contributed by atoms with Crippen molar-refractivity contribution in [3.05, 3.63) is 11.6 Å². The van der Waals surface area contributed by atoms with Gasteiger partial charge in [-0.15, -0.1) is 0 Å². The van der Waals surface area contributed by atoms with Crippen molar-refractivity contribution in [1.82, 2.24) is 0 Å². The molecule has 0 aromatic carbocycles. The number of aliphatic hydroxyl groups excluding tert-OH is 13. The normalized spacial score (nSPS) is 49.5. The standard InChI is InChI=1S/C60H94O29/c1-54(2)14-16-60(17-15-57(5)25(26(60)18-54)8-9-31-56(4)12-11-33(63)59(7,52(77)78)32(56)10-13-58(31,57)6)53(79)89-50-45(76)46(87-48-43(74)40(71)36(67)27(21-61)83-48)39(70)30(85-50)24-82-51-47(88-49-44(75)41(72)37(68)28(22-62)84-49)42(73)38(69)29(86-51)23-81-35(66)20-55(3,80)19-34(64)65/h8,26-33,36-51,61-63,67-76,80H,9-24H2,1-7H3,(H,64,65)(H,77,78)/t26?,27-,28-,29-,30-,31?,32?,33+,36-,37-,38-,39-,40+,41+,42+,43-,44-,45-,46+,47-,48+,49+,50?,51-,55+,56-,57-,58-,59+,60+/m1/s1. The van der Waals surface area contributed by atoms with E-state index in [0.717, 1.165) is 12.5 Å². The molecule has 89 heavy (non-hydrogen) atoms. The predicted molar refractivity (Wildman–Crippen MR) is 296 cm³/mol. The first-order valence-electron chi connectivity index (χ1n) is 31.0. The van der Waals surface area contributed by atoms with Crippen molar-refractivity contribution < 1.29 is 144 Å². The van der Waals surface area contributed by atoms with Crippen molar-refractivity contribution in [3.63, 3.8) is 0 Å². The lowest BCUT2D eigenvalue weighted by molar-refractivity contribution is -0.377. The van der Waals surface area contributed by atoms with Crippen LogP contribution in [0.25, 0.3) is 0 Å². The molecule has 5 aliphatic carbocycles. The Morgan fingerprint density at radius 3 is 1.72 bits per heavy atom. The van der Waals surface area contributed by atoms with Crippen molar-refractivity contribution in [1.29, 1.82) is 0 Å². The van der Waals surface area contributed by atoms with E-state index in [1.807, 2.05) is 0 Å². The van der Waals surface area contributed by atoms with E-state index in [-0.39, 0.29) is 22.7 Å². The molecule has 0 amide bonds. The van der Waals surface area contributed by atoms with Gasteiger partial charge in [0.1, 0.15) is 104 Å². The van der Waals surface area contributed by atoms with Crippen molar-refractivity contribution in [3.8, 4) is 0 Å². The predicted octanol–water partition coefficient (Wildman–Crippen LogP) is -2.80. The number of hydrogen-bond donors (Lipinski definition) is 16. The monoisotopic (exact) mass is 1280 g/mol. The number of carboxylic acids is 2. The van der Waals surface area contributed by atoms with Crippen LogP contribution >= 0.6 is 0 Å². The van der Waals surface area contributed by atoms with Gasteiger partial charge < -0.3 is 124 Å². The van der Waals surface area contributed by atoms with Crippen LogP contribution in [0.4, 0.5) is 0 Å². The number of carbonyl (C=O) groups excluding carboxylic acids is 2. The summed E-state index contributed by atoms with van der Waals surface area (Å²) in [5.74, 6) is -5.12. The molecule has 8 fully saturated rings. The van der Waals surface area contributed by atoms with E-state index in [9.17, 15) is 96.1 Å². The second-order valence-electron chi connectivity index (χ2n) is 28.8. The summed E-state index contributed by atoms with van der Waals surface area (Å²) in [7, 11) is 0. The van der Waals surface area contributed by atoms with Crippen molar-refractivity contribution in [2.24, 2.45) is 50.2 Å². The molecule has 29 heteroatoms. The molecular weight excluding hydrogens is 1180 g/mol. The first kappa shape index (κ1) is 70.1. The van der Waals surface area contributed by atoms with Crippen LogP contribution in [0, 0.1) is 50.2 Å². The molecule has 508 valence electrons. The lowest BCUT2D eigenvalue weighted by atomic mass is 9.33. The van der Waals surface area contributed by atoms with Gasteiger partial charge in [0.15, 0.2) is 18.9 Å². The third-order valence-corrected chi connectivity index (χ3v) is 22.8. The highest BCUT2D eigenvalue weighted by Gasteiger charge is 2.71. The number of fused-ring (bicyclic) bond motifs is 7. The molecule has 30 atom stereocenters. The molecule has 0 aromatic rings. The largest absolute Gasteiger partial charge is 0.481 e. The van der Waals surface area contributed by atoms with E-state index >= 15 is 4.79 Å². The highest BCUT2D eigenvalue weighted by Crippen LogP contribution is 2.76. The van der Waals surface area contributed by atoms with Crippen molar-refractivity contribution in [2.75, 3.05) is 26.4 Å². The van der Waals surface area contributed by atoms with Crippen LogP contribution in [0.5, 0.6) is 0 Å². The Morgan fingerprint density at radius 2 is 1.13 bits per heavy atom. The minimum atomic E-state index is -2.17. The number of carbonyl (C=O) groups is 4. The summed E-state index contributed by atoms with van der Waals surface area (Å²) in [6, 6.07) is 0. The first-order valence-corrected chi connectivity index (χ1v) is 31.0. The number of aliphatic carboxylic acids is 2. The molecule has 9 aliphatic rings. The molecule has 0 aromatic heterocycles. The van der Waals surface area contributed by atoms with Gasteiger partial charge in [-0.3, -0.25) is 19.2 Å². The second kappa shape index (κ2) is 25.8. The topological polar surface area (TPSA) is 475 Å². The molecule has 0 radical (unpaired) electrons. The van der Waals surface area contributed by atoms with E-state index in [1.54, 1.807) is 6.92 Å². The fourth-order valence-corrected chi connectivity index (χ4v) is 17.2. The summed E-state index contributed by atoms with van der Waals surface area (Å²) in [5.41, 5.74) is -5.24. The summed E-state index contributed by atoms with van der Waals surface area (Å²) >= 11 is 0. The third kappa shape index (κ3) is 12.5. The Balaban J connectivity index is 1.02. The maximum absolute atomic E-state index is 15.7. The van der Waals surface area contributed by atoms with E-state index in [4.69, 9.17) is 42.6 Å². The van der Waals surface area contributed by atoms with Gasteiger partial charge in [0.25, 0.3) is 0 Å². The molecule has 4 heterocycles. The van der Waals surface area contributed by atoms with E-state index in [0.29, 0.717) is 64.2 Å². The SMILES string of the molecule is CC1(C)CC[C@]2(C(=O)OC3O[C@H](CO[C@@H]4O[C@H](COC(=O)C[C@@](C)(O)CC(=O)O)[C@@H](O)[C@H](O)[C@H]4O[C@@H]4O[C@H](CO)[C@@H](O)[C@H](O)[C@H]4O)[C@@H](O)[C@H](O[C@@H]4O[C@H](CO)[C@@H](O)[C@H](O)[C@H]4O)[C@H]3O)CC[C@]3(C)C(=CCC4[C@@]5(C)CC[C@H](O)[C@@](C)(C(=O)O)C5CC[C@]43C)C2C1. The molecule has 4 saturated carbocycles. The third-order valence-electron chi connectivity index (χ3n) is 22.8. The number of hydrogen-bond acceptors (Lipinski definition) is 27. The molecular formula is C60H94O29. The number of ether oxygens (including phenoxy) is 9. The summed E-state index contributed by atoms with van der Waals surface area (Å²) in [5, 5.41) is 174. The van der Waals surface area contributed by atoms with E-state index in [1.165, 1.54) is 0 Å². The fraction of sp³-hybridized carbons (Fsp3) is 0.900. The highest BCUT2D eigenvalue weighted by molar-refractivity contribution is 5.79. The average molecular weight is 1280 g/mol. The summed E-state index contributed by atoms with van der Waals surface area (Å²) in [6.07, 6.45) is -34.7. The van der Waals surface area contributed by atoms with Gasteiger partial charge in [0.05, 0.1) is 55.2 Å². The van der Waals surface area contributed by atoms with E-state index in [2.05, 4.69) is 40.7 Å². The minimum absolute atomic E-state index is 0.0209. The number of allylic oxidation sites excluding steroid dienone is 2. The molecule has 0 bridgehead atoms. The second-order valence-corrected chi connectivity index (χ2v) is 28.8. The van der Waals surface area contributed by atoms with Crippen molar-refractivity contribution >= 4 is 23.9 Å². The fourth-order valence-electron chi connectivity index (χ4n) is 17.2. The van der Waals surface area contributed by atoms with Crippen LogP contribution in [-0.4, -0.2) is 267 Å². The first-order chi connectivity index (χ1) is 41.4. The van der Waals surface area contributed by atoms with Crippen LogP contribution in [0.1, 0.15) is 126 Å². The van der Waals surface area contributed by atoms with Crippen LogP contribution in [-0.2, 0) is 61.8 Å². The molecule has 16 N–H and O–H groups in total. The van der Waals surface area contributed by atoms with Gasteiger partial charge in [-0.1, -0.05) is 46.3 Å². The summed E-state index contributed by atoms with van der Waals surface area (Å²) in [6.45, 7) is 10.0. The Morgan fingerprint density at radius 1 is 0.584 bits per heavy atom. The van der Waals surface area contributed by atoms with Crippen LogP contribution in [0.3, 0.4) is 0 Å². The molecule has 29 nitrogen and oxygen atoms in total. The maximum Gasteiger partial charge on any atom is 0.315 e. The van der Waals surface area contributed by atoms with Gasteiger partial charge in [0, 0.05) is 0 Å². The van der Waals surface area contributed by atoms with Gasteiger partial charge in [-0.05, 0) is 117 Å². The zero-order valence-corrected chi connectivity index (χ0v) is 51.2. The molecule has 4 aliphatic heterocycles. The smallest absolute Gasteiger partial charge is 0.315 e. The summed E-state index contributed by atoms with van der Waals surface area (Å²) < 4.78 is 52.9. The zero-order valence-electron chi connectivity index (χ0n) is 51.2. The maximum atomic E-state index is 15.7. The number of carboxylic acid groups (broad SMARTS) is 2. The van der Waals surface area contributed by atoms with Gasteiger partial charge in [0.2, 0.25) is 6.29 Å². The van der Waals surface area contributed by atoms with Gasteiger partial charge >= 0.3 is 23.9 Å². The minimum Gasteiger partial charge on any atom is -0.481 e. The van der Waals surface area contributed by atoms with Crippen LogP contribution in [0.2, 0.25) is 0 Å². The molecule has 0 spiro atoms. The molecule has 9 rings (SSSR count). The van der Waals surface area contributed by atoms with Gasteiger partial charge in [-0.2, -0.15) is 0 Å². The molecule has 4 unspecified atom stereocenters.